The van der Waals surface area contributed by atoms with Gasteiger partial charge in [-0.05, 0) is 30.5 Å². The summed E-state index contributed by atoms with van der Waals surface area (Å²) in [6.07, 6.45) is 3.77. The van der Waals surface area contributed by atoms with Gasteiger partial charge >= 0.3 is 5.97 Å². The summed E-state index contributed by atoms with van der Waals surface area (Å²) in [7, 11) is 0. The van der Waals surface area contributed by atoms with Gasteiger partial charge in [-0.3, -0.25) is 4.79 Å². The normalized spacial score (nSPS) is 26.5. The zero-order chi connectivity index (χ0) is 11.2. The van der Waals surface area contributed by atoms with E-state index < -0.39 is 0 Å². The lowest BCUT2D eigenvalue weighted by Crippen LogP contribution is -2.33. The third-order valence-electron chi connectivity index (χ3n) is 3.83. The molecular weight excluding hydrogens is 204 g/mol. The van der Waals surface area contributed by atoms with E-state index in [2.05, 4.69) is 0 Å². The zero-order valence-corrected chi connectivity index (χ0v) is 8.98. The number of rotatable bonds is 1. The fourth-order valence-corrected chi connectivity index (χ4v) is 2.62. The molecule has 1 spiro atoms. The van der Waals surface area contributed by atoms with Crippen LogP contribution in [0.3, 0.4) is 0 Å². The van der Waals surface area contributed by atoms with Crippen molar-refractivity contribution in [3.05, 3.63) is 29.8 Å². The van der Waals surface area contributed by atoms with E-state index in [1.54, 1.807) is 12.1 Å². The van der Waals surface area contributed by atoms with Crippen LogP contribution < -0.4 is 0 Å². The molecule has 2 aliphatic rings. The van der Waals surface area contributed by atoms with Crippen molar-refractivity contribution in [2.24, 2.45) is 5.41 Å². The van der Waals surface area contributed by atoms with Gasteiger partial charge in [0.05, 0.1) is 5.41 Å². The van der Waals surface area contributed by atoms with E-state index in [1.807, 2.05) is 12.1 Å². The number of cyclic esters (lactones) is 1. The first kappa shape index (κ1) is 9.70. The molecule has 0 aromatic heterocycles. The molecule has 3 nitrogen and oxygen atoms in total. The number of hydrogen-bond acceptors (Lipinski definition) is 3. The Balaban J connectivity index is 1.83. The highest BCUT2D eigenvalue weighted by molar-refractivity contribution is 5.80. The van der Waals surface area contributed by atoms with Crippen LogP contribution in [0.2, 0.25) is 0 Å². The van der Waals surface area contributed by atoms with Crippen molar-refractivity contribution in [1.29, 1.82) is 0 Å². The second-order valence-corrected chi connectivity index (χ2v) is 4.82. The predicted octanol–water partition coefficient (Wildman–Crippen LogP) is 2.55. The molecule has 0 amide bonds. The van der Waals surface area contributed by atoms with E-state index in [0.29, 0.717) is 0 Å². The maximum Gasteiger partial charge on any atom is 0.312 e. The van der Waals surface area contributed by atoms with E-state index in [9.17, 15) is 9.90 Å². The molecule has 1 N–H and O–H groups in total. The molecule has 1 aliphatic heterocycles. The molecule has 16 heavy (non-hydrogen) atoms. The average molecular weight is 218 g/mol. The summed E-state index contributed by atoms with van der Waals surface area (Å²) in [6, 6.07) is 6.92. The van der Waals surface area contributed by atoms with Crippen LogP contribution in [0.15, 0.2) is 24.3 Å². The smallest absolute Gasteiger partial charge is 0.312 e. The summed E-state index contributed by atoms with van der Waals surface area (Å²) in [4.78, 5) is 11.8. The van der Waals surface area contributed by atoms with Crippen LogP contribution in [-0.4, -0.2) is 11.1 Å². The van der Waals surface area contributed by atoms with Gasteiger partial charge in [-0.1, -0.05) is 18.6 Å². The molecule has 1 saturated heterocycles. The number of phenols is 1. The number of benzene rings is 1. The molecule has 1 aliphatic carbocycles. The number of carbonyl (C=O) groups excluding carboxylic acids is 1. The molecular formula is C13H14O3. The standard InChI is InChI=1S/C13H14O3/c14-10-4-2-9(3-5-10)11-8-13(6-1-7-13)12(15)16-11/h2-5,11,14H,1,6-8H2. The molecule has 1 aromatic rings. The maximum atomic E-state index is 11.8. The molecule has 1 aromatic carbocycles. The van der Waals surface area contributed by atoms with Crippen LogP contribution in [0, 0.1) is 5.41 Å². The molecule has 0 radical (unpaired) electrons. The van der Waals surface area contributed by atoms with Crippen molar-refractivity contribution in [3.8, 4) is 5.75 Å². The fraction of sp³-hybridized carbons (Fsp3) is 0.462. The first-order valence-corrected chi connectivity index (χ1v) is 5.70. The Hall–Kier alpha value is -1.51. The largest absolute Gasteiger partial charge is 0.508 e. The average Bonchev–Trinajstić information content (AvgIpc) is 2.57. The van der Waals surface area contributed by atoms with Crippen molar-refractivity contribution in [1.82, 2.24) is 0 Å². The fourth-order valence-electron chi connectivity index (χ4n) is 2.62. The van der Waals surface area contributed by atoms with Crippen LogP contribution >= 0.6 is 0 Å². The van der Waals surface area contributed by atoms with Crippen LogP contribution in [0.4, 0.5) is 0 Å². The monoisotopic (exact) mass is 218 g/mol. The highest BCUT2D eigenvalue weighted by atomic mass is 16.6. The predicted molar refractivity (Wildman–Crippen MR) is 57.8 cm³/mol. The Morgan fingerprint density at radius 3 is 2.44 bits per heavy atom. The Bertz CT molecular complexity index is 417. The number of carbonyl (C=O) groups is 1. The quantitative estimate of drug-likeness (QED) is 0.737. The number of aromatic hydroxyl groups is 1. The highest BCUT2D eigenvalue weighted by Gasteiger charge is 2.53. The van der Waals surface area contributed by atoms with Crippen molar-refractivity contribution in [3.63, 3.8) is 0 Å². The minimum atomic E-state index is -0.178. The number of ether oxygens (including phenoxy) is 1. The maximum absolute atomic E-state index is 11.8. The van der Waals surface area contributed by atoms with Crippen molar-refractivity contribution in [2.75, 3.05) is 0 Å². The van der Waals surface area contributed by atoms with Gasteiger partial charge in [0.15, 0.2) is 0 Å². The number of phenolic OH excluding ortho intramolecular Hbond substituents is 1. The minimum Gasteiger partial charge on any atom is -0.508 e. The van der Waals surface area contributed by atoms with Crippen molar-refractivity contribution < 1.29 is 14.6 Å². The van der Waals surface area contributed by atoms with Crippen LogP contribution in [0.5, 0.6) is 5.75 Å². The Kier molecular flexibility index (Phi) is 1.96. The van der Waals surface area contributed by atoms with E-state index in [0.717, 1.165) is 31.2 Å². The summed E-state index contributed by atoms with van der Waals surface area (Å²) in [5.41, 5.74) is 0.803. The second-order valence-electron chi connectivity index (χ2n) is 4.82. The van der Waals surface area contributed by atoms with Crippen LogP contribution in [0.1, 0.15) is 37.4 Å². The minimum absolute atomic E-state index is 0.0307. The lowest BCUT2D eigenvalue weighted by molar-refractivity contribution is -0.152. The lowest BCUT2D eigenvalue weighted by Gasteiger charge is -2.33. The molecule has 1 unspecified atom stereocenters. The number of esters is 1. The van der Waals surface area contributed by atoms with Gasteiger partial charge < -0.3 is 9.84 Å². The Morgan fingerprint density at radius 2 is 1.94 bits per heavy atom. The summed E-state index contributed by atoms with van der Waals surface area (Å²) in [5, 5.41) is 9.20. The molecule has 84 valence electrons. The van der Waals surface area contributed by atoms with Crippen LogP contribution in [0.25, 0.3) is 0 Å². The Labute approximate surface area is 94.0 Å². The first-order chi connectivity index (χ1) is 7.70. The molecule has 1 atom stereocenters. The van der Waals surface area contributed by atoms with E-state index in [4.69, 9.17) is 4.74 Å². The third-order valence-corrected chi connectivity index (χ3v) is 3.83. The van der Waals surface area contributed by atoms with Gasteiger partial charge in [-0.25, -0.2) is 0 Å². The summed E-state index contributed by atoms with van der Waals surface area (Å²) in [5.74, 6) is 0.211. The van der Waals surface area contributed by atoms with Gasteiger partial charge in [0.1, 0.15) is 11.9 Å². The lowest BCUT2D eigenvalue weighted by atomic mass is 9.67. The number of hydrogen-bond donors (Lipinski definition) is 1. The zero-order valence-electron chi connectivity index (χ0n) is 8.98. The van der Waals surface area contributed by atoms with Gasteiger partial charge in [0, 0.05) is 6.42 Å². The Morgan fingerprint density at radius 1 is 1.25 bits per heavy atom. The summed E-state index contributed by atoms with van der Waals surface area (Å²) in [6.45, 7) is 0. The van der Waals surface area contributed by atoms with E-state index >= 15 is 0 Å². The van der Waals surface area contributed by atoms with Crippen LogP contribution in [-0.2, 0) is 9.53 Å². The molecule has 3 heteroatoms. The SMILES string of the molecule is O=C1OC(c2ccc(O)cc2)CC12CCC2. The summed E-state index contributed by atoms with van der Waals surface area (Å²) < 4.78 is 5.42. The van der Waals surface area contributed by atoms with Gasteiger partial charge in [-0.2, -0.15) is 0 Å². The highest BCUT2D eigenvalue weighted by Crippen LogP contribution is 2.54. The topological polar surface area (TPSA) is 46.5 Å². The molecule has 2 fully saturated rings. The third kappa shape index (κ3) is 1.31. The van der Waals surface area contributed by atoms with Crippen molar-refractivity contribution >= 4 is 5.97 Å². The molecule has 1 heterocycles. The first-order valence-electron chi connectivity index (χ1n) is 5.70. The molecule has 1 saturated carbocycles. The molecule has 3 rings (SSSR count). The van der Waals surface area contributed by atoms with Gasteiger partial charge in [-0.15, -0.1) is 0 Å². The summed E-state index contributed by atoms with van der Waals surface area (Å²) >= 11 is 0. The van der Waals surface area contributed by atoms with Gasteiger partial charge in [0.2, 0.25) is 0 Å². The van der Waals surface area contributed by atoms with Crippen molar-refractivity contribution in [2.45, 2.75) is 31.8 Å². The molecule has 0 bridgehead atoms. The van der Waals surface area contributed by atoms with E-state index in [1.165, 1.54) is 0 Å². The second kappa shape index (κ2) is 3.24. The van der Waals surface area contributed by atoms with Gasteiger partial charge in [0.25, 0.3) is 0 Å². The van der Waals surface area contributed by atoms with E-state index in [-0.39, 0.29) is 23.2 Å².